The molecule has 0 aliphatic heterocycles. The summed E-state index contributed by atoms with van der Waals surface area (Å²) in [6, 6.07) is 3.89. The average Bonchev–Trinajstić information content (AvgIpc) is 2.85. The molecular weight excluding hydrogens is 314 g/mol. The highest BCUT2D eigenvalue weighted by atomic mass is 32.1. The molecule has 2 N–H and O–H groups in total. The van der Waals surface area contributed by atoms with Crippen LogP contribution in [0.2, 0.25) is 0 Å². The number of nitrogens with zero attached hydrogens (tertiary/aromatic N) is 1. The fraction of sp³-hybridized carbons (Fsp3) is 0.286. The lowest BCUT2D eigenvalue weighted by molar-refractivity contribution is -0.383. The van der Waals surface area contributed by atoms with Gasteiger partial charge >= 0.3 is 5.69 Å². The predicted molar refractivity (Wildman–Crippen MR) is 80.1 cm³/mol. The van der Waals surface area contributed by atoms with Gasteiger partial charge in [0.1, 0.15) is 11.6 Å². The largest absolute Gasteiger partial charge is 0.391 e. The molecule has 0 aliphatic carbocycles. The first kappa shape index (κ1) is 16.3. The van der Waals surface area contributed by atoms with Crippen molar-refractivity contribution in [3.05, 3.63) is 57.0 Å². The minimum atomic E-state index is -0.956. The number of hydrogen-bond acceptors (Lipinski definition) is 5. The first-order valence-electron chi connectivity index (χ1n) is 6.48. The summed E-state index contributed by atoms with van der Waals surface area (Å²) >= 11 is 1.15. The second-order valence-electron chi connectivity index (χ2n) is 4.87. The van der Waals surface area contributed by atoms with Gasteiger partial charge in [0.15, 0.2) is 5.00 Å². The van der Waals surface area contributed by atoms with Crippen molar-refractivity contribution in [1.29, 1.82) is 0 Å². The molecule has 1 heterocycles. The summed E-state index contributed by atoms with van der Waals surface area (Å²) in [5.74, 6) is -1.42. The SMILES string of the molecule is CC(Nc1sccc1[N+](=O)[O-])C(O)Cc1cc(F)cc(F)c1. The molecule has 0 bridgehead atoms. The highest BCUT2D eigenvalue weighted by Crippen LogP contribution is 2.31. The number of rotatable bonds is 6. The molecule has 0 saturated carbocycles. The molecule has 0 spiro atoms. The van der Waals surface area contributed by atoms with Crippen LogP contribution in [-0.2, 0) is 6.42 Å². The van der Waals surface area contributed by atoms with E-state index in [-0.39, 0.29) is 12.1 Å². The zero-order valence-electron chi connectivity index (χ0n) is 11.6. The van der Waals surface area contributed by atoms with Crippen molar-refractivity contribution < 1.29 is 18.8 Å². The molecule has 22 heavy (non-hydrogen) atoms. The molecule has 0 amide bonds. The zero-order chi connectivity index (χ0) is 16.3. The van der Waals surface area contributed by atoms with Crippen molar-refractivity contribution in [3.8, 4) is 0 Å². The lowest BCUT2D eigenvalue weighted by Gasteiger charge is -2.20. The van der Waals surface area contributed by atoms with Crippen LogP contribution in [0.25, 0.3) is 0 Å². The Morgan fingerprint density at radius 2 is 2.00 bits per heavy atom. The van der Waals surface area contributed by atoms with Crippen LogP contribution in [0, 0.1) is 21.7 Å². The van der Waals surface area contributed by atoms with Gasteiger partial charge < -0.3 is 10.4 Å². The molecule has 2 aromatic rings. The summed E-state index contributed by atoms with van der Waals surface area (Å²) in [7, 11) is 0. The Morgan fingerprint density at radius 3 is 2.59 bits per heavy atom. The second kappa shape index (κ2) is 6.80. The first-order chi connectivity index (χ1) is 10.4. The molecule has 1 aromatic heterocycles. The number of thiophene rings is 1. The number of anilines is 1. The van der Waals surface area contributed by atoms with E-state index in [1.165, 1.54) is 6.07 Å². The van der Waals surface area contributed by atoms with Crippen LogP contribution < -0.4 is 5.32 Å². The molecule has 1 aromatic carbocycles. The van der Waals surface area contributed by atoms with Crippen LogP contribution in [0.5, 0.6) is 0 Å². The maximum Gasteiger partial charge on any atom is 0.303 e. The number of aliphatic hydroxyl groups excluding tert-OH is 1. The molecule has 0 aliphatic rings. The molecule has 2 rings (SSSR count). The summed E-state index contributed by atoms with van der Waals surface area (Å²) in [6.45, 7) is 1.64. The van der Waals surface area contributed by atoms with Gasteiger partial charge in [-0.3, -0.25) is 10.1 Å². The van der Waals surface area contributed by atoms with Crippen molar-refractivity contribution in [1.82, 2.24) is 0 Å². The minimum absolute atomic E-state index is 0.0298. The van der Waals surface area contributed by atoms with E-state index in [0.29, 0.717) is 10.6 Å². The van der Waals surface area contributed by atoms with Gasteiger partial charge in [-0.25, -0.2) is 8.78 Å². The summed E-state index contributed by atoms with van der Waals surface area (Å²) in [4.78, 5) is 10.3. The van der Waals surface area contributed by atoms with E-state index < -0.39 is 28.7 Å². The molecule has 118 valence electrons. The number of nitrogens with one attached hydrogen (secondary N) is 1. The van der Waals surface area contributed by atoms with Crippen LogP contribution in [-0.4, -0.2) is 22.2 Å². The third-order valence-corrected chi connectivity index (χ3v) is 3.98. The van der Waals surface area contributed by atoms with E-state index in [2.05, 4.69) is 5.32 Å². The number of hydrogen-bond donors (Lipinski definition) is 2. The van der Waals surface area contributed by atoms with Gasteiger partial charge in [-0.05, 0) is 30.0 Å². The van der Waals surface area contributed by atoms with E-state index in [0.717, 1.165) is 29.5 Å². The normalized spacial score (nSPS) is 13.6. The third-order valence-electron chi connectivity index (χ3n) is 3.14. The number of aliphatic hydroxyl groups is 1. The summed E-state index contributed by atoms with van der Waals surface area (Å²) in [6.07, 6.45) is -0.926. The first-order valence-corrected chi connectivity index (χ1v) is 7.36. The summed E-state index contributed by atoms with van der Waals surface area (Å²) < 4.78 is 26.2. The van der Waals surface area contributed by atoms with Gasteiger partial charge in [-0.15, -0.1) is 11.3 Å². The van der Waals surface area contributed by atoms with Crippen molar-refractivity contribution in [2.75, 3.05) is 5.32 Å². The molecule has 8 heteroatoms. The van der Waals surface area contributed by atoms with Gasteiger partial charge in [0.05, 0.1) is 17.1 Å². The summed E-state index contributed by atoms with van der Waals surface area (Å²) in [5, 5.41) is 25.7. The molecule has 2 unspecified atom stereocenters. The van der Waals surface area contributed by atoms with Gasteiger partial charge in [-0.2, -0.15) is 0 Å². The topological polar surface area (TPSA) is 75.4 Å². The number of benzene rings is 1. The lowest BCUT2D eigenvalue weighted by Crippen LogP contribution is -2.32. The third kappa shape index (κ3) is 3.99. The Labute approximate surface area is 129 Å². The minimum Gasteiger partial charge on any atom is -0.391 e. The second-order valence-corrected chi connectivity index (χ2v) is 5.79. The molecular formula is C14H14F2N2O3S. The molecule has 0 fully saturated rings. The monoisotopic (exact) mass is 328 g/mol. The Balaban J connectivity index is 2.04. The van der Waals surface area contributed by atoms with Crippen molar-refractivity contribution in [3.63, 3.8) is 0 Å². The quantitative estimate of drug-likeness (QED) is 0.630. The predicted octanol–water partition coefficient (Wildman–Crippen LogP) is 3.34. The number of nitro groups is 1. The summed E-state index contributed by atoms with van der Waals surface area (Å²) in [5.41, 5.74) is 0.250. The van der Waals surface area contributed by atoms with Crippen molar-refractivity contribution in [2.24, 2.45) is 0 Å². The highest BCUT2D eigenvalue weighted by Gasteiger charge is 2.21. The maximum atomic E-state index is 13.1. The van der Waals surface area contributed by atoms with E-state index in [4.69, 9.17) is 0 Å². The lowest BCUT2D eigenvalue weighted by atomic mass is 10.0. The fourth-order valence-corrected chi connectivity index (χ4v) is 2.85. The maximum absolute atomic E-state index is 13.1. The Bertz CT molecular complexity index is 658. The fourth-order valence-electron chi connectivity index (χ4n) is 2.00. The van der Waals surface area contributed by atoms with E-state index in [1.54, 1.807) is 12.3 Å². The van der Waals surface area contributed by atoms with Crippen LogP contribution >= 0.6 is 11.3 Å². The van der Waals surface area contributed by atoms with Gasteiger partial charge in [0.2, 0.25) is 0 Å². The average molecular weight is 328 g/mol. The van der Waals surface area contributed by atoms with Crippen LogP contribution in [0.3, 0.4) is 0 Å². The highest BCUT2D eigenvalue weighted by molar-refractivity contribution is 7.14. The van der Waals surface area contributed by atoms with Crippen molar-refractivity contribution >= 4 is 22.0 Å². The van der Waals surface area contributed by atoms with Crippen molar-refractivity contribution in [2.45, 2.75) is 25.5 Å². The van der Waals surface area contributed by atoms with E-state index in [1.807, 2.05) is 0 Å². The standard InChI is InChI=1S/C14H14F2N2O3S/c1-8(17-14-12(18(20)21)2-3-22-14)13(19)6-9-4-10(15)7-11(16)5-9/h2-5,7-8,13,17,19H,6H2,1H3. The number of halogens is 2. The van der Waals surface area contributed by atoms with Crippen LogP contribution in [0.15, 0.2) is 29.6 Å². The zero-order valence-corrected chi connectivity index (χ0v) is 12.4. The Kier molecular flexibility index (Phi) is 5.04. The molecule has 0 radical (unpaired) electrons. The van der Waals surface area contributed by atoms with Crippen LogP contribution in [0.4, 0.5) is 19.5 Å². The molecule has 2 atom stereocenters. The van der Waals surface area contributed by atoms with E-state index >= 15 is 0 Å². The smallest absolute Gasteiger partial charge is 0.303 e. The molecule has 0 saturated heterocycles. The van der Waals surface area contributed by atoms with E-state index in [9.17, 15) is 24.0 Å². The Morgan fingerprint density at radius 1 is 1.36 bits per heavy atom. The Hall–Kier alpha value is -2.06. The van der Waals surface area contributed by atoms with Gasteiger partial charge in [0, 0.05) is 18.6 Å². The van der Waals surface area contributed by atoms with Gasteiger partial charge in [-0.1, -0.05) is 0 Å². The van der Waals surface area contributed by atoms with Crippen LogP contribution in [0.1, 0.15) is 12.5 Å². The molecule has 5 nitrogen and oxygen atoms in total. The van der Waals surface area contributed by atoms with Gasteiger partial charge in [0.25, 0.3) is 0 Å².